The van der Waals surface area contributed by atoms with Gasteiger partial charge < -0.3 is 19.9 Å². The molecule has 0 heterocycles. The summed E-state index contributed by atoms with van der Waals surface area (Å²) in [5.74, 6) is -1.96. The van der Waals surface area contributed by atoms with Gasteiger partial charge in [-0.15, -0.1) is 0 Å². The van der Waals surface area contributed by atoms with Gasteiger partial charge in [-0.1, -0.05) is 30.3 Å². The molecule has 0 aromatic heterocycles. The van der Waals surface area contributed by atoms with E-state index in [1.165, 1.54) is 31.4 Å². The third-order valence-electron chi connectivity index (χ3n) is 4.50. The zero-order chi connectivity index (χ0) is 23.1. The number of hydrogen-bond acceptors (Lipinski definition) is 7. The Morgan fingerprint density at radius 3 is 2.22 bits per heavy atom. The van der Waals surface area contributed by atoms with E-state index in [2.05, 4.69) is 10.1 Å². The monoisotopic (exact) mass is 455 g/mol. The van der Waals surface area contributed by atoms with Gasteiger partial charge in [0.2, 0.25) is 0 Å². The Morgan fingerprint density at radius 2 is 1.59 bits per heavy atom. The molecule has 0 radical (unpaired) electrons. The van der Waals surface area contributed by atoms with Crippen molar-refractivity contribution in [1.82, 2.24) is 0 Å². The number of carbonyl (C=O) groups is 2. The highest BCUT2D eigenvalue weighted by atomic mass is 32.2. The molecule has 0 atom stereocenters. The van der Waals surface area contributed by atoms with Crippen LogP contribution in [0.15, 0.2) is 77.7 Å². The van der Waals surface area contributed by atoms with Crippen LogP contribution in [-0.2, 0) is 21.2 Å². The van der Waals surface area contributed by atoms with Crippen LogP contribution in [0.5, 0.6) is 5.75 Å². The van der Waals surface area contributed by atoms with E-state index >= 15 is 0 Å². The van der Waals surface area contributed by atoms with Gasteiger partial charge in [0.15, 0.2) is 9.84 Å². The number of nitrogens with one attached hydrogen (secondary N) is 1. The van der Waals surface area contributed by atoms with E-state index < -0.39 is 27.7 Å². The second kappa shape index (κ2) is 9.97. The number of aromatic carboxylic acids is 1. The smallest absolute Gasteiger partial charge is 0.337 e. The van der Waals surface area contributed by atoms with Crippen molar-refractivity contribution in [1.29, 1.82) is 0 Å². The summed E-state index contributed by atoms with van der Waals surface area (Å²) in [7, 11) is -2.58. The lowest BCUT2D eigenvalue weighted by Crippen LogP contribution is -2.16. The Labute approximate surface area is 185 Å². The molecule has 2 N–H and O–H groups in total. The number of esters is 1. The Bertz CT molecular complexity index is 1210. The molecule has 0 aliphatic carbocycles. The van der Waals surface area contributed by atoms with Crippen molar-refractivity contribution in [2.45, 2.75) is 11.5 Å². The zero-order valence-electron chi connectivity index (χ0n) is 17.1. The normalized spacial score (nSPS) is 10.9. The first-order valence-corrected chi connectivity index (χ1v) is 11.1. The van der Waals surface area contributed by atoms with Crippen molar-refractivity contribution in [3.8, 4) is 5.75 Å². The number of carboxylic acids is 1. The number of hydrogen-bond donors (Lipinski definition) is 2. The van der Waals surface area contributed by atoms with Crippen LogP contribution in [0.4, 0.5) is 5.69 Å². The SMILES string of the molecule is COC(=O)c1cc(NCS(=O)(=O)c2ccc(OCc3ccccc3)cc2)cc(C(=O)O)c1. The van der Waals surface area contributed by atoms with E-state index in [-0.39, 0.29) is 21.7 Å². The highest BCUT2D eigenvalue weighted by Crippen LogP contribution is 2.20. The highest BCUT2D eigenvalue weighted by Gasteiger charge is 2.17. The van der Waals surface area contributed by atoms with Crippen molar-refractivity contribution < 1.29 is 32.6 Å². The number of carbonyl (C=O) groups excluding carboxylic acids is 1. The van der Waals surface area contributed by atoms with Crippen LogP contribution in [0.1, 0.15) is 26.3 Å². The van der Waals surface area contributed by atoms with E-state index in [0.29, 0.717) is 12.4 Å². The second-order valence-corrected chi connectivity index (χ2v) is 8.77. The summed E-state index contributed by atoms with van der Waals surface area (Å²) in [6.45, 7) is 0.358. The third kappa shape index (κ3) is 5.86. The number of methoxy groups -OCH3 is 1. The summed E-state index contributed by atoms with van der Waals surface area (Å²) in [5, 5.41) is 11.9. The minimum absolute atomic E-state index is 0.00721. The lowest BCUT2D eigenvalue weighted by atomic mass is 10.1. The Morgan fingerprint density at radius 1 is 0.938 bits per heavy atom. The minimum atomic E-state index is -3.74. The van der Waals surface area contributed by atoms with E-state index in [9.17, 15) is 23.1 Å². The molecule has 0 aliphatic rings. The van der Waals surface area contributed by atoms with Crippen molar-refractivity contribution in [2.75, 3.05) is 18.3 Å². The van der Waals surface area contributed by atoms with Crippen molar-refractivity contribution in [3.05, 3.63) is 89.5 Å². The Hall–Kier alpha value is -3.85. The summed E-state index contributed by atoms with van der Waals surface area (Å²) >= 11 is 0. The highest BCUT2D eigenvalue weighted by molar-refractivity contribution is 7.91. The maximum absolute atomic E-state index is 12.7. The van der Waals surface area contributed by atoms with Gasteiger partial charge in [-0.3, -0.25) is 0 Å². The molecule has 3 rings (SSSR count). The fraction of sp³-hybridized carbons (Fsp3) is 0.130. The van der Waals surface area contributed by atoms with Crippen molar-refractivity contribution in [3.63, 3.8) is 0 Å². The molecule has 0 fully saturated rings. The predicted octanol–water partition coefficient (Wildman–Crippen LogP) is 3.59. The minimum Gasteiger partial charge on any atom is -0.489 e. The standard InChI is InChI=1S/C23H21NO7S/c1-30-23(27)18-11-17(22(25)26)12-19(13-18)24-15-32(28,29)21-9-7-20(8-10-21)31-14-16-5-3-2-4-6-16/h2-13,24H,14-15H2,1H3,(H,25,26). The maximum Gasteiger partial charge on any atom is 0.337 e. The summed E-state index contributed by atoms with van der Waals surface area (Å²) < 4.78 is 35.6. The summed E-state index contributed by atoms with van der Waals surface area (Å²) in [5.41, 5.74) is 0.972. The van der Waals surface area contributed by atoms with Gasteiger partial charge in [0.05, 0.1) is 23.1 Å². The summed E-state index contributed by atoms with van der Waals surface area (Å²) in [6, 6.07) is 19.3. The average Bonchev–Trinajstić information content (AvgIpc) is 2.81. The van der Waals surface area contributed by atoms with E-state index in [1.807, 2.05) is 30.3 Å². The second-order valence-electron chi connectivity index (χ2n) is 6.78. The Balaban J connectivity index is 1.69. The van der Waals surface area contributed by atoms with Gasteiger partial charge in [-0.2, -0.15) is 0 Å². The lowest BCUT2D eigenvalue weighted by Gasteiger charge is -2.11. The molecule has 0 amide bonds. The van der Waals surface area contributed by atoms with E-state index in [4.69, 9.17) is 4.74 Å². The zero-order valence-corrected chi connectivity index (χ0v) is 18.0. The molecular formula is C23H21NO7S. The molecule has 8 nitrogen and oxygen atoms in total. The molecule has 9 heteroatoms. The number of carboxylic acid groups (broad SMARTS) is 1. The van der Waals surface area contributed by atoms with Crippen LogP contribution >= 0.6 is 0 Å². The summed E-state index contributed by atoms with van der Waals surface area (Å²) in [4.78, 5) is 23.1. The first kappa shape index (κ1) is 22.8. The molecule has 3 aromatic carbocycles. The molecular weight excluding hydrogens is 434 g/mol. The number of anilines is 1. The predicted molar refractivity (Wildman–Crippen MR) is 118 cm³/mol. The van der Waals surface area contributed by atoms with Crippen LogP contribution in [0, 0.1) is 0 Å². The molecule has 0 bridgehead atoms. The van der Waals surface area contributed by atoms with Gasteiger partial charge in [0.25, 0.3) is 0 Å². The quantitative estimate of drug-likeness (QED) is 0.470. The molecule has 3 aromatic rings. The number of benzene rings is 3. The molecule has 0 unspecified atom stereocenters. The molecule has 32 heavy (non-hydrogen) atoms. The van der Waals surface area contributed by atoms with Crippen LogP contribution in [0.2, 0.25) is 0 Å². The number of rotatable bonds is 9. The van der Waals surface area contributed by atoms with Crippen LogP contribution in [-0.4, -0.2) is 38.4 Å². The first-order chi connectivity index (χ1) is 15.3. The van der Waals surface area contributed by atoms with Gasteiger partial charge in [0, 0.05) is 5.69 Å². The summed E-state index contributed by atoms with van der Waals surface area (Å²) in [6.07, 6.45) is 0. The first-order valence-electron chi connectivity index (χ1n) is 9.48. The van der Waals surface area contributed by atoms with E-state index in [0.717, 1.165) is 11.6 Å². The fourth-order valence-corrected chi connectivity index (χ4v) is 3.91. The van der Waals surface area contributed by atoms with Gasteiger partial charge >= 0.3 is 11.9 Å². The van der Waals surface area contributed by atoms with E-state index in [1.54, 1.807) is 12.1 Å². The maximum atomic E-state index is 12.7. The molecule has 166 valence electrons. The van der Waals surface area contributed by atoms with Crippen molar-refractivity contribution >= 4 is 27.5 Å². The topological polar surface area (TPSA) is 119 Å². The number of sulfone groups is 1. The van der Waals surface area contributed by atoms with Crippen LogP contribution in [0.25, 0.3) is 0 Å². The number of ether oxygens (including phenoxy) is 2. The van der Waals surface area contributed by atoms with Crippen LogP contribution in [0.3, 0.4) is 0 Å². The van der Waals surface area contributed by atoms with Gasteiger partial charge in [-0.25, -0.2) is 18.0 Å². The Kier molecular flexibility index (Phi) is 7.11. The largest absolute Gasteiger partial charge is 0.489 e. The lowest BCUT2D eigenvalue weighted by molar-refractivity contribution is 0.0600. The molecule has 0 saturated heterocycles. The third-order valence-corrected chi connectivity index (χ3v) is 6.01. The average molecular weight is 455 g/mol. The van der Waals surface area contributed by atoms with Crippen LogP contribution < -0.4 is 10.1 Å². The van der Waals surface area contributed by atoms with Crippen molar-refractivity contribution in [2.24, 2.45) is 0 Å². The molecule has 0 aliphatic heterocycles. The molecule has 0 saturated carbocycles. The van der Waals surface area contributed by atoms with Gasteiger partial charge in [-0.05, 0) is 48.0 Å². The fourth-order valence-electron chi connectivity index (χ4n) is 2.83. The molecule has 0 spiro atoms. The van der Waals surface area contributed by atoms with Gasteiger partial charge in [0.1, 0.15) is 18.2 Å².